The molecule has 0 unspecified atom stereocenters. The third kappa shape index (κ3) is 2.70. The van der Waals surface area contributed by atoms with Crippen molar-refractivity contribution in [1.29, 1.82) is 0 Å². The summed E-state index contributed by atoms with van der Waals surface area (Å²) in [5.74, 6) is -0.00806. The first kappa shape index (κ1) is 13.0. The normalized spacial score (nSPS) is 11.6. The van der Waals surface area contributed by atoms with E-state index in [0.717, 1.165) is 11.3 Å². The van der Waals surface area contributed by atoms with Gasteiger partial charge < -0.3 is 5.73 Å². The quantitative estimate of drug-likeness (QED) is 0.933. The number of nitrogens with two attached hydrogens (primary N) is 1. The van der Waals surface area contributed by atoms with E-state index in [-0.39, 0.29) is 16.3 Å². The highest BCUT2D eigenvalue weighted by atomic mass is 32.2. The molecule has 0 bridgehead atoms. The topological polar surface area (TPSA) is 73.0 Å². The van der Waals surface area contributed by atoms with Crippen LogP contribution in [-0.2, 0) is 22.0 Å². The molecule has 2 rings (SSSR count). The molecule has 0 fully saturated rings. The standard InChI is InChI=1S/C12H14N2O2S2/c1-2-9-3-4-10(17-9)8-18(15,16)12-5-6-14-7-11(12)13/h3-7H,2,8,13H2,1H3. The predicted octanol–water partition coefficient (Wildman–Crippen LogP) is 2.26. The molecule has 0 amide bonds. The zero-order chi connectivity index (χ0) is 13.2. The van der Waals surface area contributed by atoms with Gasteiger partial charge in [-0.2, -0.15) is 0 Å². The fourth-order valence-corrected chi connectivity index (χ4v) is 4.39. The average Bonchev–Trinajstić information content (AvgIpc) is 2.76. The molecule has 0 spiro atoms. The minimum absolute atomic E-state index is 0.00806. The number of hydrogen-bond acceptors (Lipinski definition) is 5. The second kappa shape index (κ2) is 5.07. The van der Waals surface area contributed by atoms with Gasteiger partial charge in [-0.1, -0.05) is 6.92 Å². The number of rotatable bonds is 4. The number of sulfone groups is 1. The van der Waals surface area contributed by atoms with Gasteiger partial charge in [0.15, 0.2) is 9.84 Å². The SMILES string of the molecule is CCc1ccc(CS(=O)(=O)c2ccncc2N)s1. The van der Waals surface area contributed by atoms with Crippen LogP contribution in [0, 0.1) is 0 Å². The maximum absolute atomic E-state index is 12.2. The summed E-state index contributed by atoms with van der Waals surface area (Å²) in [6.45, 7) is 2.05. The highest BCUT2D eigenvalue weighted by Gasteiger charge is 2.19. The summed E-state index contributed by atoms with van der Waals surface area (Å²) < 4.78 is 24.4. The molecule has 0 saturated heterocycles. The molecule has 2 aromatic rings. The summed E-state index contributed by atoms with van der Waals surface area (Å²) in [6.07, 6.45) is 3.72. The molecule has 2 heterocycles. The van der Waals surface area contributed by atoms with E-state index >= 15 is 0 Å². The molecule has 0 atom stereocenters. The third-order valence-electron chi connectivity index (χ3n) is 2.54. The van der Waals surface area contributed by atoms with Gasteiger partial charge in [0.2, 0.25) is 0 Å². The summed E-state index contributed by atoms with van der Waals surface area (Å²) in [5.41, 5.74) is 5.85. The molecule has 6 heteroatoms. The monoisotopic (exact) mass is 282 g/mol. The highest BCUT2D eigenvalue weighted by molar-refractivity contribution is 7.91. The van der Waals surface area contributed by atoms with Crippen molar-refractivity contribution in [3.8, 4) is 0 Å². The number of thiophene rings is 1. The lowest BCUT2D eigenvalue weighted by molar-refractivity contribution is 0.596. The first-order valence-corrected chi connectivity index (χ1v) is 7.99. The summed E-state index contributed by atoms with van der Waals surface area (Å²) >= 11 is 1.52. The molecule has 18 heavy (non-hydrogen) atoms. The van der Waals surface area contributed by atoms with Crippen molar-refractivity contribution in [3.05, 3.63) is 40.3 Å². The number of nitrogen functional groups attached to an aromatic ring is 1. The van der Waals surface area contributed by atoms with E-state index in [1.54, 1.807) is 0 Å². The summed E-state index contributed by atoms with van der Waals surface area (Å²) in [5, 5.41) is 0. The maximum Gasteiger partial charge on any atom is 0.185 e. The second-order valence-electron chi connectivity index (χ2n) is 3.89. The van der Waals surface area contributed by atoms with E-state index in [1.165, 1.54) is 34.7 Å². The van der Waals surface area contributed by atoms with E-state index < -0.39 is 9.84 Å². The fourth-order valence-electron chi connectivity index (χ4n) is 1.63. The predicted molar refractivity (Wildman–Crippen MR) is 73.2 cm³/mol. The van der Waals surface area contributed by atoms with E-state index in [4.69, 9.17) is 5.73 Å². The molecule has 2 N–H and O–H groups in total. The number of nitrogens with zero attached hydrogens (tertiary/aromatic N) is 1. The molecule has 2 aromatic heterocycles. The van der Waals surface area contributed by atoms with Crippen LogP contribution in [0.4, 0.5) is 5.69 Å². The molecule has 0 aliphatic heterocycles. The van der Waals surface area contributed by atoms with Gasteiger partial charge in [-0.05, 0) is 24.6 Å². The van der Waals surface area contributed by atoms with Crippen molar-refractivity contribution in [2.75, 3.05) is 5.73 Å². The Balaban J connectivity index is 2.30. The molecule has 96 valence electrons. The number of pyridine rings is 1. The molecular weight excluding hydrogens is 268 g/mol. The van der Waals surface area contributed by atoms with Gasteiger partial charge in [0.05, 0.1) is 22.5 Å². The van der Waals surface area contributed by atoms with Crippen LogP contribution in [0.3, 0.4) is 0 Å². The van der Waals surface area contributed by atoms with Crippen LogP contribution in [0.25, 0.3) is 0 Å². The largest absolute Gasteiger partial charge is 0.396 e. The second-order valence-corrected chi connectivity index (χ2v) is 7.11. The zero-order valence-electron chi connectivity index (χ0n) is 9.96. The Morgan fingerprint density at radius 3 is 2.61 bits per heavy atom. The molecular formula is C12H14N2O2S2. The lowest BCUT2D eigenvalue weighted by atomic mass is 10.4. The molecule has 4 nitrogen and oxygen atoms in total. The van der Waals surface area contributed by atoms with E-state index in [2.05, 4.69) is 4.98 Å². The third-order valence-corrected chi connectivity index (χ3v) is 5.69. The van der Waals surface area contributed by atoms with E-state index in [9.17, 15) is 8.42 Å². The lowest BCUT2D eigenvalue weighted by Gasteiger charge is -2.05. The smallest absolute Gasteiger partial charge is 0.185 e. The first-order valence-electron chi connectivity index (χ1n) is 5.53. The van der Waals surface area contributed by atoms with Crippen LogP contribution >= 0.6 is 11.3 Å². The Bertz CT molecular complexity index is 648. The molecule has 0 aliphatic carbocycles. The van der Waals surface area contributed by atoms with E-state index in [0.29, 0.717) is 0 Å². The Hall–Kier alpha value is -1.40. The Kier molecular flexibility index (Phi) is 3.68. The minimum Gasteiger partial charge on any atom is -0.396 e. The van der Waals surface area contributed by atoms with Crippen LogP contribution in [0.2, 0.25) is 0 Å². The first-order chi connectivity index (χ1) is 8.53. The minimum atomic E-state index is -3.39. The average molecular weight is 282 g/mol. The number of aromatic nitrogens is 1. The van der Waals surface area contributed by atoms with Crippen molar-refractivity contribution in [2.45, 2.75) is 24.0 Å². The zero-order valence-corrected chi connectivity index (χ0v) is 11.6. The van der Waals surface area contributed by atoms with E-state index in [1.807, 2.05) is 19.1 Å². The highest BCUT2D eigenvalue weighted by Crippen LogP contribution is 2.25. The van der Waals surface area contributed by atoms with Crippen molar-refractivity contribution in [3.63, 3.8) is 0 Å². The molecule has 0 radical (unpaired) electrons. The molecule has 0 saturated carbocycles. The number of hydrogen-bond donors (Lipinski definition) is 1. The van der Waals surface area contributed by atoms with Crippen LogP contribution < -0.4 is 5.73 Å². The van der Waals surface area contributed by atoms with Crippen LogP contribution in [-0.4, -0.2) is 13.4 Å². The maximum atomic E-state index is 12.2. The van der Waals surface area contributed by atoms with Gasteiger partial charge in [0.1, 0.15) is 0 Å². The Morgan fingerprint density at radius 2 is 2.00 bits per heavy atom. The Morgan fingerprint density at radius 1 is 1.28 bits per heavy atom. The van der Waals surface area contributed by atoms with Crippen LogP contribution in [0.1, 0.15) is 16.7 Å². The molecule has 0 aromatic carbocycles. The van der Waals surface area contributed by atoms with Crippen LogP contribution in [0.15, 0.2) is 35.5 Å². The van der Waals surface area contributed by atoms with Gasteiger partial charge in [0, 0.05) is 16.0 Å². The number of anilines is 1. The lowest BCUT2D eigenvalue weighted by Crippen LogP contribution is -2.07. The fraction of sp³-hybridized carbons (Fsp3) is 0.250. The van der Waals surface area contributed by atoms with Gasteiger partial charge in [-0.25, -0.2) is 8.42 Å². The van der Waals surface area contributed by atoms with Crippen molar-refractivity contribution < 1.29 is 8.42 Å². The summed E-state index contributed by atoms with van der Waals surface area (Å²) in [7, 11) is -3.39. The number of aryl methyl sites for hydroxylation is 1. The molecule has 0 aliphatic rings. The van der Waals surface area contributed by atoms with Gasteiger partial charge in [-0.15, -0.1) is 11.3 Å². The summed E-state index contributed by atoms with van der Waals surface area (Å²) in [4.78, 5) is 5.97. The van der Waals surface area contributed by atoms with Crippen molar-refractivity contribution in [1.82, 2.24) is 4.98 Å². The van der Waals surface area contributed by atoms with Gasteiger partial charge in [-0.3, -0.25) is 4.98 Å². The summed E-state index contributed by atoms with van der Waals surface area (Å²) in [6, 6.07) is 5.27. The van der Waals surface area contributed by atoms with Crippen LogP contribution in [0.5, 0.6) is 0 Å². The van der Waals surface area contributed by atoms with Gasteiger partial charge >= 0.3 is 0 Å². The van der Waals surface area contributed by atoms with Gasteiger partial charge in [0.25, 0.3) is 0 Å². The Labute approximate surface area is 110 Å². The van der Waals surface area contributed by atoms with Crippen molar-refractivity contribution in [2.24, 2.45) is 0 Å². The van der Waals surface area contributed by atoms with Crippen molar-refractivity contribution >= 4 is 26.9 Å².